The molecule has 2 aromatic carbocycles. The summed E-state index contributed by atoms with van der Waals surface area (Å²) in [6.07, 6.45) is -18.6. The molecule has 0 radical (unpaired) electrons. The number of aryl methyl sites for hydroxylation is 2. The lowest BCUT2D eigenvalue weighted by atomic mass is 9.93. The van der Waals surface area contributed by atoms with Crippen LogP contribution in [0.4, 0.5) is 43.9 Å². The first-order valence-corrected chi connectivity index (χ1v) is 11.6. The number of alkyl halides is 9. The first-order chi connectivity index (χ1) is 18.1. The first-order valence-electron chi connectivity index (χ1n) is 11.2. The Hall–Kier alpha value is -3.29. The van der Waals surface area contributed by atoms with Crippen LogP contribution in [0.25, 0.3) is 5.83 Å². The molecule has 0 saturated carbocycles. The molecule has 0 aromatic heterocycles. The molecule has 0 aliphatic carbocycles. The van der Waals surface area contributed by atoms with Gasteiger partial charge in [-0.05, 0) is 55.7 Å². The number of allylic oxidation sites excluding steroid dienone is 1. The van der Waals surface area contributed by atoms with Crippen LogP contribution < -0.4 is 10.6 Å². The molecule has 2 atom stereocenters. The van der Waals surface area contributed by atoms with E-state index >= 15 is 0 Å². The van der Waals surface area contributed by atoms with Crippen molar-refractivity contribution in [3.05, 3.63) is 74.8 Å². The minimum Gasteiger partial charge on any atom is -0.336 e. The van der Waals surface area contributed by atoms with E-state index in [0.717, 1.165) is 19.1 Å². The standard InChI is InChI=1S/C25H21ClF10N2O2/c1-11-6-15(7-12(2)21(11)26)17(24(31,32)33)9-19(27)14-4-5-16(18(8-14)25(34,35)36)22(40)38-13(3)37-20(39)10-23(28,29)30/h4-9,13,17H,10H2,1-3H3,(H,37,39)(H,38,40)/b19-9-/t13-,17?/m1/s1. The molecule has 2 amide bonds. The number of nitrogens with one attached hydrogen (secondary N) is 2. The summed E-state index contributed by atoms with van der Waals surface area (Å²) in [6.45, 7) is 3.83. The maximum Gasteiger partial charge on any atom is 0.417 e. The fourth-order valence-electron chi connectivity index (χ4n) is 3.69. The second-order valence-electron chi connectivity index (χ2n) is 8.82. The van der Waals surface area contributed by atoms with Crippen molar-refractivity contribution < 1.29 is 53.5 Å². The van der Waals surface area contributed by atoms with Crippen LogP contribution in [0.15, 0.2) is 36.4 Å². The summed E-state index contributed by atoms with van der Waals surface area (Å²) >= 11 is 5.98. The first kappa shape index (κ1) is 32.9. The van der Waals surface area contributed by atoms with Crippen LogP contribution in [0, 0.1) is 13.8 Å². The van der Waals surface area contributed by atoms with Gasteiger partial charge < -0.3 is 10.6 Å². The Morgan fingerprint density at radius 2 is 1.48 bits per heavy atom. The van der Waals surface area contributed by atoms with Gasteiger partial charge in [0.25, 0.3) is 5.91 Å². The lowest BCUT2D eigenvalue weighted by Gasteiger charge is -2.20. The maximum absolute atomic E-state index is 15.0. The average molecular weight is 607 g/mol. The predicted molar refractivity (Wildman–Crippen MR) is 126 cm³/mol. The minimum atomic E-state index is -5.29. The molecule has 0 bridgehead atoms. The van der Waals surface area contributed by atoms with E-state index in [2.05, 4.69) is 0 Å². The molecule has 15 heteroatoms. The van der Waals surface area contributed by atoms with Crippen molar-refractivity contribution in [1.29, 1.82) is 0 Å². The number of amides is 2. The molecule has 2 N–H and O–H groups in total. The average Bonchev–Trinajstić information content (AvgIpc) is 2.77. The van der Waals surface area contributed by atoms with Crippen LogP contribution in [0.2, 0.25) is 5.02 Å². The number of rotatable bonds is 7. The molecule has 2 rings (SSSR count). The Kier molecular flexibility index (Phi) is 9.93. The highest BCUT2D eigenvalue weighted by Gasteiger charge is 2.41. The third kappa shape index (κ3) is 8.86. The van der Waals surface area contributed by atoms with Gasteiger partial charge in [0.15, 0.2) is 0 Å². The molecular weight excluding hydrogens is 586 g/mol. The van der Waals surface area contributed by atoms with Crippen molar-refractivity contribution in [2.24, 2.45) is 0 Å². The van der Waals surface area contributed by atoms with Crippen LogP contribution in [0.3, 0.4) is 0 Å². The zero-order chi connectivity index (χ0) is 30.8. The lowest BCUT2D eigenvalue weighted by Crippen LogP contribution is -2.47. The van der Waals surface area contributed by atoms with Crippen molar-refractivity contribution in [3.63, 3.8) is 0 Å². The van der Waals surface area contributed by atoms with Crippen molar-refractivity contribution in [1.82, 2.24) is 10.6 Å². The summed E-state index contributed by atoms with van der Waals surface area (Å²) < 4.78 is 134. The van der Waals surface area contributed by atoms with Crippen LogP contribution in [-0.2, 0) is 11.0 Å². The Morgan fingerprint density at radius 1 is 0.925 bits per heavy atom. The summed E-state index contributed by atoms with van der Waals surface area (Å²) in [7, 11) is 0. The molecule has 0 aliphatic heterocycles. The molecule has 0 aliphatic rings. The smallest absolute Gasteiger partial charge is 0.336 e. The Morgan fingerprint density at radius 3 is 1.95 bits per heavy atom. The Balaban J connectivity index is 2.44. The summed E-state index contributed by atoms with van der Waals surface area (Å²) in [5.41, 5.74) is -3.65. The van der Waals surface area contributed by atoms with Gasteiger partial charge in [0.2, 0.25) is 5.91 Å². The molecular formula is C25H21ClF10N2O2. The molecule has 0 spiro atoms. The zero-order valence-electron chi connectivity index (χ0n) is 20.8. The fraction of sp³-hybridized carbons (Fsp3) is 0.360. The van der Waals surface area contributed by atoms with E-state index in [9.17, 15) is 53.5 Å². The molecule has 0 saturated heterocycles. The number of carbonyl (C=O) groups is 2. The Bertz CT molecular complexity index is 1280. The highest BCUT2D eigenvalue weighted by Crippen LogP contribution is 2.41. The van der Waals surface area contributed by atoms with E-state index in [4.69, 9.17) is 11.6 Å². The second kappa shape index (κ2) is 12.1. The van der Waals surface area contributed by atoms with Crippen LogP contribution >= 0.6 is 11.6 Å². The van der Waals surface area contributed by atoms with Crippen LogP contribution in [0.1, 0.15) is 57.4 Å². The highest BCUT2D eigenvalue weighted by molar-refractivity contribution is 6.32. The minimum absolute atomic E-state index is 0.0929. The van der Waals surface area contributed by atoms with Gasteiger partial charge in [-0.1, -0.05) is 29.8 Å². The summed E-state index contributed by atoms with van der Waals surface area (Å²) in [6, 6.07) is 3.39. The maximum atomic E-state index is 15.0. The number of benzene rings is 2. The van der Waals surface area contributed by atoms with E-state index in [-0.39, 0.29) is 28.3 Å². The molecule has 40 heavy (non-hydrogen) atoms. The normalized spacial score (nSPS) is 14.5. The number of hydrogen-bond acceptors (Lipinski definition) is 2. The van der Waals surface area contributed by atoms with Crippen LogP contribution in [0.5, 0.6) is 0 Å². The molecule has 0 fully saturated rings. The zero-order valence-corrected chi connectivity index (χ0v) is 21.6. The fourth-order valence-corrected chi connectivity index (χ4v) is 3.80. The highest BCUT2D eigenvalue weighted by atomic mass is 35.5. The third-order valence-corrected chi connectivity index (χ3v) is 6.01. The molecule has 1 unspecified atom stereocenters. The monoisotopic (exact) mass is 606 g/mol. The van der Waals surface area contributed by atoms with Crippen molar-refractivity contribution in [2.75, 3.05) is 0 Å². The predicted octanol–water partition coefficient (Wildman–Crippen LogP) is 7.78. The van der Waals surface area contributed by atoms with E-state index in [0.29, 0.717) is 12.1 Å². The van der Waals surface area contributed by atoms with Crippen molar-refractivity contribution in [3.8, 4) is 0 Å². The van der Waals surface area contributed by atoms with E-state index in [1.807, 2.05) is 5.32 Å². The molecule has 2 aromatic rings. The van der Waals surface area contributed by atoms with E-state index < -0.39 is 76.9 Å². The largest absolute Gasteiger partial charge is 0.417 e. The van der Waals surface area contributed by atoms with Gasteiger partial charge in [-0.25, -0.2) is 4.39 Å². The van der Waals surface area contributed by atoms with Gasteiger partial charge in [0.1, 0.15) is 18.2 Å². The van der Waals surface area contributed by atoms with E-state index in [1.54, 1.807) is 5.32 Å². The number of carbonyl (C=O) groups excluding carboxylic acids is 2. The van der Waals surface area contributed by atoms with Crippen LogP contribution in [-0.4, -0.2) is 30.3 Å². The van der Waals surface area contributed by atoms with Crippen molar-refractivity contribution in [2.45, 2.75) is 57.8 Å². The third-order valence-electron chi connectivity index (χ3n) is 5.41. The number of halogens is 11. The molecule has 220 valence electrons. The molecule has 0 heterocycles. The van der Waals surface area contributed by atoms with Gasteiger partial charge in [0.05, 0.1) is 17.3 Å². The quantitative estimate of drug-likeness (QED) is 0.250. The Labute approximate surface area is 226 Å². The summed E-state index contributed by atoms with van der Waals surface area (Å²) in [5, 5.41) is 3.78. The summed E-state index contributed by atoms with van der Waals surface area (Å²) in [4.78, 5) is 23.8. The van der Waals surface area contributed by atoms with Crippen molar-refractivity contribution >= 4 is 29.2 Å². The second-order valence-corrected chi connectivity index (χ2v) is 9.19. The van der Waals surface area contributed by atoms with E-state index in [1.165, 1.54) is 13.8 Å². The number of hydrogen-bond donors (Lipinski definition) is 2. The summed E-state index contributed by atoms with van der Waals surface area (Å²) in [5.74, 6) is -7.29. The molecule has 4 nitrogen and oxygen atoms in total. The topological polar surface area (TPSA) is 58.2 Å². The van der Waals surface area contributed by atoms with Gasteiger partial charge >= 0.3 is 18.5 Å². The SMILES string of the molecule is Cc1cc(C(/C=C(\F)c2ccc(C(=O)N[C@H](C)NC(=O)CC(F)(F)F)c(C(F)(F)F)c2)C(F)(F)F)cc(C)c1Cl. The van der Waals surface area contributed by atoms with Gasteiger partial charge in [0, 0.05) is 10.6 Å². The van der Waals surface area contributed by atoms with Gasteiger partial charge in [-0.2, -0.15) is 39.5 Å². The lowest BCUT2D eigenvalue weighted by molar-refractivity contribution is -0.154. The van der Waals surface area contributed by atoms with Gasteiger partial charge in [-0.3, -0.25) is 9.59 Å². The van der Waals surface area contributed by atoms with Gasteiger partial charge in [-0.15, -0.1) is 0 Å².